The van der Waals surface area contributed by atoms with Crippen molar-refractivity contribution < 1.29 is 4.74 Å². The molecule has 0 aromatic heterocycles. The third kappa shape index (κ3) is 7.96. The van der Waals surface area contributed by atoms with Crippen molar-refractivity contribution >= 4 is 0 Å². The molecule has 0 aliphatic heterocycles. The number of ether oxygens (including phenoxy) is 1. The summed E-state index contributed by atoms with van der Waals surface area (Å²) in [5.74, 6) is 0. The first-order valence-electron chi connectivity index (χ1n) is 4.35. The summed E-state index contributed by atoms with van der Waals surface area (Å²) in [6, 6.07) is 0. The van der Waals surface area contributed by atoms with Crippen LogP contribution in [0.5, 0.6) is 0 Å². The molecular formula is C9H19O. The van der Waals surface area contributed by atoms with E-state index in [1.807, 2.05) is 6.61 Å². The van der Waals surface area contributed by atoms with Crippen LogP contribution in [0.25, 0.3) is 0 Å². The van der Waals surface area contributed by atoms with Gasteiger partial charge in [-0.15, -0.1) is 0 Å². The van der Waals surface area contributed by atoms with Gasteiger partial charge in [-0.05, 0) is 12.8 Å². The maximum Gasteiger partial charge on any atom is 0.0836 e. The standard InChI is InChI=1S/C9H19O/c1-3-5-7-9-10-8-6-4-2/h8H,3-7,9H2,1-2H3. The van der Waals surface area contributed by atoms with Crippen LogP contribution in [0, 0.1) is 6.61 Å². The van der Waals surface area contributed by atoms with Gasteiger partial charge in [-0.2, -0.15) is 0 Å². The van der Waals surface area contributed by atoms with E-state index < -0.39 is 0 Å². The molecule has 0 rings (SSSR count). The van der Waals surface area contributed by atoms with Gasteiger partial charge in [0.1, 0.15) is 0 Å². The molecule has 1 heteroatoms. The van der Waals surface area contributed by atoms with Crippen LogP contribution in [-0.2, 0) is 4.74 Å². The van der Waals surface area contributed by atoms with Crippen LogP contribution in [-0.4, -0.2) is 6.61 Å². The zero-order valence-corrected chi connectivity index (χ0v) is 7.23. The Hall–Kier alpha value is -0.0400. The lowest BCUT2D eigenvalue weighted by atomic mass is 10.3. The van der Waals surface area contributed by atoms with E-state index in [1.165, 1.54) is 25.7 Å². The molecule has 0 aliphatic carbocycles. The average molecular weight is 143 g/mol. The molecule has 0 amide bonds. The highest BCUT2D eigenvalue weighted by molar-refractivity contribution is 4.47. The summed E-state index contributed by atoms with van der Waals surface area (Å²) >= 11 is 0. The molecule has 0 unspecified atom stereocenters. The van der Waals surface area contributed by atoms with E-state index in [2.05, 4.69) is 13.8 Å². The Balaban J connectivity index is 2.65. The van der Waals surface area contributed by atoms with Gasteiger partial charge in [0, 0.05) is 6.61 Å². The summed E-state index contributed by atoms with van der Waals surface area (Å²) in [6.45, 7) is 7.20. The third-order valence-electron chi connectivity index (χ3n) is 1.39. The summed E-state index contributed by atoms with van der Waals surface area (Å²) in [6.07, 6.45) is 6.05. The van der Waals surface area contributed by atoms with Crippen LogP contribution in [0.15, 0.2) is 0 Å². The monoisotopic (exact) mass is 143 g/mol. The second kappa shape index (κ2) is 8.96. The van der Waals surface area contributed by atoms with E-state index >= 15 is 0 Å². The molecule has 1 nitrogen and oxygen atoms in total. The second-order valence-electron chi connectivity index (χ2n) is 2.53. The molecule has 0 saturated carbocycles. The first kappa shape index (κ1) is 9.96. The molecule has 61 valence electrons. The molecule has 0 bridgehead atoms. The molecule has 0 saturated heterocycles. The Morgan fingerprint density at radius 3 is 2.50 bits per heavy atom. The highest BCUT2D eigenvalue weighted by Crippen LogP contribution is 1.98. The molecule has 0 aliphatic rings. The predicted octanol–water partition coefficient (Wildman–Crippen LogP) is 3.16. The Morgan fingerprint density at radius 1 is 1.10 bits per heavy atom. The minimum Gasteiger partial charge on any atom is -0.376 e. The largest absolute Gasteiger partial charge is 0.376 e. The van der Waals surface area contributed by atoms with E-state index in [1.54, 1.807) is 0 Å². The molecule has 0 heterocycles. The molecular weight excluding hydrogens is 124 g/mol. The number of unbranched alkanes of at least 4 members (excludes halogenated alkanes) is 3. The van der Waals surface area contributed by atoms with Crippen molar-refractivity contribution in [3.63, 3.8) is 0 Å². The van der Waals surface area contributed by atoms with Gasteiger partial charge >= 0.3 is 0 Å². The van der Waals surface area contributed by atoms with Gasteiger partial charge in [-0.1, -0.05) is 33.1 Å². The van der Waals surface area contributed by atoms with Crippen molar-refractivity contribution in [2.45, 2.75) is 46.0 Å². The zero-order chi connectivity index (χ0) is 7.66. The lowest BCUT2D eigenvalue weighted by molar-refractivity contribution is 0.185. The highest BCUT2D eigenvalue weighted by Gasteiger charge is 1.87. The zero-order valence-electron chi connectivity index (χ0n) is 7.23. The van der Waals surface area contributed by atoms with Gasteiger partial charge in [0.2, 0.25) is 0 Å². The smallest absolute Gasteiger partial charge is 0.0836 e. The van der Waals surface area contributed by atoms with E-state index in [0.717, 1.165) is 13.0 Å². The van der Waals surface area contributed by atoms with Gasteiger partial charge in [0.15, 0.2) is 0 Å². The van der Waals surface area contributed by atoms with E-state index in [9.17, 15) is 0 Å². The van der Waals surface area contributed by atoms with Crippen molar-refractivity contribution in [1.29, 1.82) is 0 Å². The van der Waals surface area contributed by atoms with Crippen molar-refractivity contribution in [1.82, 2.24) is 0 Å². The first-order valence-corrected chi connectivity index (χ1v) is 4.35. The Bertz CT molecular complexity index is 44.7. The minimum atomic E-state index is 0.911. The van der Waals surface area contributed by atoms with Crippen molar-refractivity contribution in [2.24, 2.45) is 0 Å². The van der Waals surface area contributed by atoms with Crippen molar-refractivity contribution in [2.75, 3.05) is 6.61 Å². The topological polar surface area (TPSA) is 9.23 Å². The number of hydrogen-bond acceptors (Lipinski definition) is 1. The second-order valence-corrected chi connectivity index (χ2v) is 2.53. The summed E-state index contributed by atoms with van der Waals surface area (Å²) < 4.78 is 5.25. The van der Waals surface area contributed by atoms with Gasteiger partial charge in [0.05, 0.1) is 6.61 Å². The Kier molecular flexibility index (Phi) is 8.92. The normalized spacial score (nSPS) is 10.2. The number of rotatable bonds is 7. The van der Waals surface area contributed by atoms with Crippen LogP contribution in [0.2, 0.25) is 0 Å². The van der Waals surface area contributed by atoms with Crippen molar-refractivity contribution in [3.05, 3.63) is 6.61 Å². The SMILES string of the molecule is CCC[CH]OCCCCC. The lowest BCUT2D eigenvalue weighted by Crippen LogP contribution is -1.90. The Labute approximate surface area is 64.8 Å². The number of hydrogen-bond donors (Lipinski definition) is 0. The highest BCUT2D eigenvalue weighted by atomic mass is 16.5. The first-order chi connectivity index (χ1) is 4.91. The third-order valence-corrected chi connectivity index (χ3v) is 1.39. The Morgan fingerprint density at radius 2 is 1.90 bits per heavy atom. The van der Waals surface area contributed by atoms with E-state index in [-0.39, 0.29) is 0 Å². The van der Waals surface area contributed by atoms with E-state index in [0.29, 0.717) is 0 Å². The summed E-state index contributed by atoms with van der Waals surface area (Å²) in [7, 11) is 0. The van der Waals surface area contributed by atoms with Gasteiger partial charge in [-0.25, -0.2) is 0 Å². The predicted molar refractivity (Wildman–Crippen MR) is 44.7 cm³/mol. The maximum atomic E-state index is 5.25. The van der Waals surface area contributed by atoms with Crippen LogP contribution in [0.3, 0.4) is 0 Å². The molecule has 0 fully saturated rings. The summed E-state index contributed by atoms with van der Waals surface area (Å²) in [5, 5.41) is 0. The summed E-state index contributed by atoms with van der Waals surface area (Å²) in [5.41, 5.74) is 0. The quantitative estimate of drug-likeness (QED) is 0.497. The average Bonchev–Trinajstić information content (AvgIpc) is 1.97. The molecule has 10 heavy (non-hydrogen) atoms. The van der Waals surface area contributed by atoms with E-state index in [4.69, 9.17) is 4.74 Å². The van der Waals surface area contributed by atoms with Gasteiger partial charge < -0.3 is 4.74 Å². The summed E-state index contributed by atoms with van der Waals surface area (Å²) in [4.78, 5) is 0. The van der Waals surface area contributed by atoms with Crippen LogP contribution < -0.4 is 0 Å². The fourth-order valence-electron chi connectivity index (χ4n) is 0.720. The lowest BCUT2D eigenvalue weighted by Gasteiger charge is -2.00. The molecule has 1 radical (unpaired) electrons. The fourth-order valence-corrected chi connectivity index (χ4v) is 0.720. The fraction of sp³-hybridized carbons (Fsp3) is 0.889. The van der Waals surface area contributed by atoms with Crippen LogP contribution in [0.1, 0.15) is 46.0 Å². The molecule has 0 aromatic carbocycles. The minimum absolute atomic E-state index is 0.911. The molecule has 0 spiro atoms. The van der Waals surface area contributed by atoms with Crippen molar-refractivity contribution in [3.8, 4) is 0 Å². The molecule has 0 aromatic rings. The van der Waals surface area contributed by atoms with Crippen LogP contribution in [0.4, 0.5) is 0 Å². The van der Waals surface area contributed by atoms with Gasteiger partial charge in [0.25, 0.3) is 0 Å². The maximum absolute atomic E-state index is 5.25. The molecule has 0 N–H and O–H groups in total. The van der Waals surface area contributed by atoms with Crippen LogP contribution >= 0.6 is 0 Å². The molecule has 0 atom stereocenters. The van der Waals surface area contributed by atoms with Gasteiger partial charge in [-0.3, -0.25) is 0 Å².